The number of nitrogens with zero attached hydrogens (tertiary/aromatic N) is 2. The van der Waals surface area contributed by atoms with Crippen LogP contribution in [0.2, 0.25) is 0 Å². The summed E-state index contributed by atoms with van der Waals surface area (Å²) in [5, 5.41) is 18.7. The number of amides is 2. The Morgan fingerprint density at radius 1 is 1.23 bits per heavy atom. The Morgan fingerprint density at radius 2 is 1.97 bits per heavy atom. The van der Waals surface area contributed by atoms with Gasteiger partial charge in [0.15, 0.2) is 11.9 Å². The molecule has 0 fully saturated rings. The van der Waals surface area contributed by atoms with Crippen LogP contribution in [0.15, 0.2) is 47.1 Å². The van der Waals surface area contributed by atoms with Gasteiger partial charge in [-0.3, -0.25) is 14.5 Å². The molecule has 2 amide bonds. The summed E-state index contributed by atoms with van der Waals surface area (Å²) < 4.78 is 49.0. The van der Waals surface area contributed by atoms with E-state index in [0.29, 0.717) is 5.69 Å². The highest BCUT2D eigenvalue weighted by atomic mass is 19.4. The van der Waals surface area contributed by atoms with Crippen molar-refractivity contribution in [3.8, 4) is 5.75 Å². The van der Waals surface area contributed by atoms with Gasteiger partial charge in [0.1, 0.15) is 5.75 Å². The number of benzene rings is 1. The lowest BCUT2D eigenvalue weighted by Gasteiger charge is -2.36. The molecule has 0 aliphatic carbocycles. The summed E-state index contributed by atoms with van der Waals surface area (Å²) >= 11 is 0. The summed E-state index contributed by atoms with van der Waals surface area (Å²) in [5.74, 6) is -1.17. The van der Waals surface area contributed by atoms with E-state index in [1.807, 2.05) is 0 Å². The van der Waals surface area contributed by atoms with Gasteiger partial charge in [0.05, 0.1) is 37.6 Å². The number of carbonyl (C=O) groups is 2. The van der Waals surface area contributed by atoms with Crippen LogP contribution in [0.1, 0.15) is 17.0 Å². The minimum Gasteiger partial charge on any atom is -0.476 e. The van der Waals surface area contributed by atoms with E-state index in [0.717, 1.165) is 4.90 Å². The van der Waals surface area contributed by atoms with Gasteiger partial charge in [0.25, 0.3) is 11.8 Å². The number of alkyl halides is 3. The molecule has 0 saturated heterocycles. The number of carbonyl (C=O) groups excluding carboxylic acids is 2. The molecule has 31 heavy (non-hydrogen) atoms. The fraction of sp³-hybridized carbons (Fsp3) is 0.400. The second kappa shape index (κ2) is 9.40. The molecular formula is C20H21F3N2O6. The molecule has 8 nitrogen and oxygen atoms in total. The predicted molar refractivity (Wildman–Crippen MR) is 102 cm³/mol. The first-order valence-corrected chi connectivity index (χ1v) is 9.45. The molecule has 0 radical (unpaired) electrons. The first-order chi connectivity index (χ1) is 14.7. The molecule has 1 aromatic carbocycles. The molecule has 1 aliphatic heterocycles. The van der Waals surface area contributed by atoms with E-state index in [1.165, 1.54) is 29.4 Å². The molecule has 1 aromatic heterocycles. The first-order valence-electron chi connectivity index (χ1n) is 9.45. The number of hydrogen-bond donors (Lipinski definition) is 2. The van der Waals surface area contributed by atoms with Crippen molar-refractivity contribution >= 4 is 17.5 Å². The first kappa shape index (κ1) is 22.6. The molecule has 3 rings (SSSR count). The number of hydrogen-bond acceptors (Lipinski definition) is 6. The third-order valence-electron chi connectivity index (χ3n) is 4.64. The summed E-state index contributed by atoms with van der Waals surface area (Å²) in [7, 11) is 0. The molecule has 2 atom stereocenters. The predicted octanol–water partition coefficient (Wildman–Crippen LogP) is 1.82. The topological polar surface area (TPSA) is 103 Å². The fourth-order valence-electron chi connectivity index (χ4n) is 3.16. The Bertz CT molecular complexity index is 903. The second-order valence-electron chi connectivity index (χ2n) is 6.95. The number of rotatable bonds is 7. The summed E-state index contributed by atoms with van der Waals surface area (Å²) in [6.45, 7) is -2.24. The zero-order valence-electron chi connectivity index (χ0n) is 16.3. The number of furan rings is 1. The number of aliphatic hydroxyl groups excluding tert-OH is 2. The number of ether oxygens (including phenoxy) is 1. The van der Waals surface area contributed by atoms with Gasteiger partial charge in [-0.15, -0.1) is 0 Å². The summed E-state index contributed by atoms with van der Waals surface area (Å²) in [5.41, 5.74) is 0.380. The molecule has 11 heteroatoms. The largest absolute Gasteiger partial charge is 0.476 e. The van der Waals surface area contributed by atoms with Gasteiger partial charge in [-0.05, 0) is 24.3 Å². The van der Waals surface area contributed by atoms with Gasteiger partial charge in [-0.25, -0.2) is 0 Å². The van der Waals surface area contributed by atoms with Gasteiger partial charge >= 0.3 is 6.18 Å². The smallest absolute Gasteiger partial charge is 0.390 e. The van der Waals surface area contributed by atoms with Crippen molar-refractivity contribution in [2.24, 2.45) is 0 Å². The zero-order valence-corrected chi connectivity index (χ0v) is 16.3. The van der Waals surface area contributed by atoms with Gasteiger partial charge < -0.3 is 24.3 Å². The molecule has 0 spiro atoms. The quantitative estimate of drug-likeness (QED) is 0.678. The molecule has 1 unspecified atom stereocenters. The van der Waals surface area contributed by atoms with Crippen LogP contribution in [-0.4, -0.2) is 71.6 Å². The van der Waals surface area contributed by atoms with Crippen molar-refractivity contribution in [3.63, 3.8) is 0 Å². The molecule has 0 bridgehead atoms. The Labute approximate surface area is 175 Å². The Hall–Kier alpha value is -3.05. The van der Waals surface area contributed by atoms with Gasteiger partial charge in [-0.2, -0.15) is 13.2 Å². The summed E-state index contributed by atoms with van der Waals surface area (Å²) in [6, 6.07) is 9.40. The van der Waals surface area contributed by atoms with E-state index < -0.39 is 56.3 Å². The summed E-state index contributed by atoms with van der Waals surface area (Å²) in [6.07, 6.45) is -7.24. The number of halogens is 3. The van der Waals surface area contributed by atoms with Crippen LogP contribution in [0.4, 0.5) is 18.9 Å². The van der Waals surface area contributed by atoms with Crippen molar-refractivity contribution in [3.05, 3.63) is 48.4 Å². The van der Waals surface area contributed by atoms with E-state index >= 15 is 0 Å². The highest BCUT2D eigenvalue weighted by Crippen LogP contribution is 2.34. The van der Waals surface area contributed by atoms with Crippen LogP contribution in [0.5, 0.6) is 5.75 Å². The minimum atomic E-state index is -4.52. The maximum Gasteiger partial charge on any atom is 0.390 e. The van der Waals surface area contributed by atoms with Crippen LogP contribution in [0.25, 0.3) is 0 Å². The van der Waals surface area contributed by atoms with Crippen molar-refractivity contribution in [2.45, 2.75) is 24.8 Å². The van der Waals surface area contributed by atoms with Crippen molar-refractivity contribution < 1.29 is 42.1 Å². The Morgan fingerprint density at radius 3 is 2.61 bits per heavy atom. The van der Waals surface area contributed by atoms with E-state index in [-0.39, 0.29) is 18.1 Å². The lowest BCUT2D eigenvalue weighted by Crippen LogP contribution is -2.53. The highest BCUT2D eigenvalue weighted by molar-refractivity contribution is 6.06. The van der Waals surface area contributed by atoms with E-state index in [2.05, 4.69) is 0 Å². The van der Waals surface area contributed by atoms with Crippen molar-refractivity contribution in [1.82, 2.24) is 4.90 Å². The average molecular weight is 442 g/mol. The van der Waals surface area contributed by atoms with Crippen LogP contribution < -0.4 is 9.64 Å². The SMILES string of the molecule is O=C(C1CN(C(=O)c2ccco2)c2ccccc2O1)N(CCC(F)(F)F)C[C@H](O)CO. The zero-order chi connectivity index (χ0) is 22.6. The van der Waals surface area contributed by atoms with E-state index in [4.69, 9.17) is 14.3 Å². The monoisotopic (exact) mass is 442 g/mol. The normalized spacial score (nSPS) is 16.9. The van der Waals surface area contributed by atoms with Crippen LogP contribution in [-0.2, 0) is 4.79 Å². The number of anilines is 1. The number of para-hydroxylation sites is 2. The molecule has 1 aliphatic rings. The summed E-state index contributed by atoms with van der Waals surface area (Å²) in [4.78, 5) is 27.9. The number of fused-ring (bicyclic) bond motifs is 1. The third kappa shape index (κ3) is 5.56. The molecule has 0 saturated carbocycles. The molecule has 2 heterocycles. The van der Waals surface area contributed by atoms with Crippen molar-refractivity contribution in [2.75, 3.05) is 31.1 Å². The molecule has 168 valence electrons. The maximum atomic E-state index is 13.0. The molecular weight excluding hydrogens is 421 g/mol. The highest BCUT2D eigenvalue weighted by Gasteiger charge is 2.38. The van der Waals surface area contributed by atoms with Crippen LogP contribution >= 0.6 is 0 Å². The lowest BCUT2D eigenvalue weighted by molar-refractivity contribution is -0.151. The lowest BCUT2D eigenvalue weighted by atomic mass is 10.1. The van der Waals surface area contributed by atoms with Gasteiger partial charge in [0.2, 0.25) is 0 Å². The second-order valence-corrected chi connectivity index (χ2v) is 6.95. The Kier molecular flexibility index (Phi) is 6.86. The molecule has 2 aromatic rings. The van der Waals surface area contributed by atoms with E-state index in [1.54, 1.807) is 18.2 Å². The standard InChI is InChI=1S/C20H21F3N2O6/c21-20(22,23)7-8-24(10-13(27)12-26)18(28)17-11-25(19(29)16-6-3-9-30-16)14-4-1-2-5-15(14)31-17/h1-6,9,13,17,26-27H,7-8,10-12H2/t13-,17?/m0/s1. The average Bonchev–Trinajstić information content (AvgIpc) is 3.29. The van der Waals surface area contributed by atoms with Crippen LogP contribution in [0, 0.1) is 0 Å². The third-order valence-corrected chi connectivity index (χ3v) is 4.64. The maximum absolute atomic E-state index is 13.0. The fourth-order valence-corrected chi connectivity index (χ4v) is 3.16. The van der Waals surface area contributed by atoms with Crippen LogP contribution in [0.3, 0.4) is 0 Å². The Balaban J connectivity index is 1.85. The van der Waals surface area contributed by atoms with E-state index in [9.17, 15) is 27.9 Å². The van der Waals surface area contributed by atoms with Crippen molar-refractivity contribution in [1.29, 1.82) is 0 Å². The van der Waals surface area contributed by atoms with Gasteiger partial charge in [-0.1, -0.05) is 12.1 Å². The number of aliphatic hydroxyl groups is 2. The van der Waals surface area contributed by atoms with Gasteiger partial charge in [0, 0.05) is 13.1 Å². The molecule has 2 N–H and O–H groups in total. The minimum absolute atomic E-state index is 0.0209.